The van der Waals surface area contributed by atoms with Crippen molar-refractivity contribution in [2.75, 3.05) is 0 Å². The van der Waals surface area contributed by atoms with Crippen LogP contribution in [0.3, 0.4) is 0 Å². The minimum atomic E-state index is -0.939. The van der Waals surface area contributed by atoms with Gasteiger partial charge in [0, 0.05) is 10.8 Å². The molecular formula is C19H15F2NO2. The van der Waals surface area contributed by atoms with E-state index in [2.05, 4.69) is 0 Å². The summed E-state index contributed by atoms with van der Waals surface area (Å²) in [6, 6.07) is 3.69. The van der Waals surface area contributed by atoms with Crippen molar-refractivity contribution < 1.29 is 19.0 Å². The van der Waals surface area contributed by atoms with Gasteiger partial charge >= 0.3 is 0 Å². The molecule has 0 saturated heterocycles. The zero-order valence-electron chi connectivity index (χ0n) is 12.8. The van der Waals surface area contributed by atoms with Crippen LogP contribution in [-0.4, -0.2) is 14.8 Å². The minimum Gasteiger partial charge on any atom is -0.390 e. The molecule has 0 amide bonds. The SMILES string of the molecule is OCc1c(-c2ccc(F)c(F)c2)c2c(n1CO)=C1CC=CC=C1C=2. The number of halogens is 2. The molecule has 0 saturated carbocycles. The van der Waals surface area contributed by atoms with Crippen LogP contribution in [0.25, 0.3) is 22.8 Å². The standard InChI is InChI=1S/C19H15F2NO2/c20-15-6-5-12(8-16(15)21)18-14-7-11-3-1-2-4-13(11)19(14)22(10-24)17(18)9-23/h1-3,5-8,23-24H,4,9-10H2. The second kappa shape index (κ2) is 5.54. The van der Waals surface area contributed by atoms with Crippen LogP contribution >= 0.6 is 0 Å². The summed E-state index contributed by atoms with van der Waals surface area (Å²) >= 11 is 0. The first-order valence-corrected chi connectivity index (χ1v) is 7.66. The van der Waals surface area contributed by atoms with Gasteiger partial charge in [-0.3, -0.25) is 0 Å². The van der Waals surface area contributed by atoms with E-state index < -0.39 is 11.6 Å². The highest BCUT2D eigenvalue weighted by molar-refractivity contribution is 5.87. The lowest BCUT2D eigenvalue weighted by molar-refractivity contribution is 0.190. The number of benzene rings is 1. The Bertz CT molecular complexity index is 1030. The number of rotatable bonds is 3. The van der Waals surface area contributed by atoms with Crippen molar-refractivity contribution in [1.82, 2.24) is 4.57 Å². The molecule has 5 heteroatoms. The van der Waals surface area contributed by atoms with Crippen molar-refractivity contribution in [3.8, 4) is 11.1 Å². The lowest BCUT2D eigenvalue weighted by Crippen LogP contribution is -2.29. The Morgan fingerprint density at radius 3 is 2.67 bits per heavy atom. The molecule has 0 atom stereocenters. The van der Waals surface area contributed by atoms with Crippen molar-refractivity contribution in [3.05, 3.63) is 69.9 Å². The number of aromatic nitrogens is 1. The van der Waals surface area contributed by atoms with E-state index in [4.69, 9.17) is 0 Å². The van der Waals surface area contributed by atoms with E-state index >= 15 is 0 Å². The summed E-state index contributed by atoms with van der Waals surface area (Å²) in [6.45, 7) is -0.603. The van der Waals surface area contributed by atoms with Gasteiger partial charge in [-0.1, -0.05) is 24.3 Å². The average molecular weight is 327 g/mol. The third kappa shape index (κ3) is 2.02. The molecule has 1 aromatic heterocycles. The number of aliphatic hydroxyl groups excluding tert-OH is 2. The quantitative estimate of drug-likeness (QED) is 0.901. The molecule has 122 valence electrons. The highest BCUT2D eigenvalue weighted by Gasteiger charge is 2.23. The third-order valence-electron chi connectivity index (χ3n) is 4.58. The maximum absolute atomic E-state index is 13.7. The van der Waals surface area contributed by atoms with Gasteiger partial charge in [-0.25, -0.2) is 8.78 Å². The topological polar surface area (TPSA) is 45.4 Å². The molecule has 0 radical (unpaired) electrons. The first-order chi connectivity index (χ1) is 11.7. The Kier molecular flexibility index (Phi) is 3.48. The van der Waals surface area contributed by atoms with E-state index in [0.717, 1.165) is 40.3 Å². The molecule has 0 fully saturated rings. The predicted octanol–water partition coefficient (Wildman–Crippen LogP) is 1.71. The van der Waals surface area contributed by atoms with Crippen LogP contribution in [0.1, 0.15) is 12.1 Å². The molecule has 24 heavy (non-hydrogen) atoms. The van der Waals surface area contributed by atoms with Crippen LogP contribution in [0.4, 0.5) is 8.78 Å². The molecule has 2 aliphatic rings. The van der Waals surface area contributed by atoms with Gasteiger partial charge < -0.3 is 14.8 Å². The van der Waals surface area contributed by atoms with Gasteiger partial charge in [0.1, 0.15) is 6.73 Å². The second-order valence-corrected chi connectivity index (χ2v) is 5.82. The Labute approximate surface area is 136 Å². The highest BCUT2D eigenvalue weighted by atomic mass is 19.2. The lowest BCUT2D eigenvalue weighted by Gasteiger charge is -2.11. The fraction of sp³-hybridized carbons (Fsp3) is 0.158. The van der Waals surface area contributed by atoms with Crippen molar-refractivity contribution in [2.45, 2.75) is 19.8 Å². The van der Waals surface area contributed by atoms with E-state index in [1.165, 1.54) is 6.07 Å². The summed E-state index contributed by atoms with van der Waals surface area (Å²) in [4.78, 5) is 0. The fourth-order valence-corrected chi connectivity index (χ4v) is 3.55. The second-order valence-electron chi connectivity index (χ2n) is 5.82. The van der Waals surface area contributed by atoms with Crippen molar-refractivity contribution in [3.63, 3.8) is 0 Å². The van der Waals surface area contributed by atoms with Crippen LogP contribution in [0.5, 0.6) is 0 Å². The van der Waals surface area contributed by atoms with Gasteiger partial charge in [0.25, 0.3) is 0 Å². The van der Waals surface area contributed by atoms with E-state index in [1.54, 1.807) is 4.57 Å². The number of allylic oxidation sites excluding steroid dienone is 4. The molecule has 0 unspecified atom stereocenters. The van der Waals surface area contributed by atoms with Gasteiger partial charge in [0.15, 0.2) is 11.6 Å². The number of hydrogen-bond acceptors (Lipinski definition) is 2. The van der Waals surface area contributed by atoms with Gasteiger partial charge in [-0.05, 0) is 41.3 Å². The van der Waals surface area contributed by atoms with Crippen LogP contribution < -0.4 is 10.6 Å². The Balaban J connectivity index is 2.11. The van der Waals surface area contributed by atoms with Gasteiger partial charge in [-0.2, -0.15) is 0 Å². The summed E-state index contributed by atoms with van der Waals surface area (Å²) in [5.74, 6) is -1.85. The maximum Gasteiger partial charge on any atom is 0.159 e. The molecule has 3 nitrogen and oxygen atoms in total. The van der Waals surface area contributed by atoms with Crippen molar-refractivity contribution in [2.24, 2.45) is 0 Å². The average Bonchev–Trinajstić information content (AvgIpc) is 3.10. The van der Waals surface area contributed by atoms with Crippen LogP contribution in [0, 0.1) is 11.6 Å². The molecule has 0 bridgehead atoms. The predicted molar refractivity (Wildman–Crippen MR) is 86.9 cm³/mol. The maximum atomic E-state index is 13.7. The molecule has 0 aliphatic heterocycles. The molecule has 2 aliphatic carbocycles. The molecule has 2 N–H and O–H groups in total. The Morgan fingerprint density at radius 1 is 1.12 bits per heavy atom. The zero-order chi connectivity index (χ0) is 16.8. The summed E-state index contributed by atoms with van der Waals surface area (Å²) < 4.78 is 28.6. The summed E-state index contributed by atoms with van der Waals surface area (Å²) in [6.07, 6.45) is 8.66. The first kappa shape index (κ1) is 15.1. The molecule has 4 rings (SSSR count). The highest BCUT2D eigenvalue weighted by Crippen LogP contribution is 2.28. The molecule has 1 aromatic carbocycles. The first-order valence-electron chi connectivity index (χ1n) is 7.66. The van der Waals surface area contributed by atoms with Gasteiger partial charge in [-0.15, -0.1) is 0 Å². The van der Waals surface area contributed by atoms with Crippen LogP contribution in [0.2, 0.25) is 0 Å². The number of hydrogen-bond donors (Lipinski definition) is 2. The van der Waals surface area contributed by atoms with E-state index in [1.807, 2.05) is 24.3 Å². The Hall–Kier alpha value is -2.50. The molecule has 2 aromatic rings. The third-order valence-corrected chi connectivity index (χ3v) is 4.58. The minimum absolute atomic E-state index is 0.295. The van der Waals surface area contributed by atoms with Crippen LogP contribution in [-0.2, 0) is 13.3 Å². The molecule has 1 heterocycles. The summed E-state index contributed by atoms with van der Waals surface area (Å²) in [5, 5.41) is 21.3. The number of nitrogens with zero attached hydrogens (tertiary/aromatic N) is 1. The number of aliphatic hydroxyl groups is 2. The van der Waals surface area contributed by atoms with Crippen LogP contribution in [0.15, 0.2) is 42.0 Å². The van der Waals surface area contributed by atoms with E-state index in [-0.39, 0.29) is 13.3 Å². The van der Waals surface area contributed by atoms with Gasteiger partial charge in [0.2, 0.25) is 0 Å². The van der Waals surface area contributed by atoms with Crippen molar-refractivity contribution >= 4 is 11.6 Å². The molecular weight excluding hydrogens is 312 g/mol. The lowest BCUT2D eigenvalue weighted by atomic mass is 10.0. The normalized spacial score (nSPS) is 15.2. The Morgan fingerprint density at radius 2 is 1.96 bits per heavy atom. The summed E-state index contributed by atoms with van der Waals surface area (Å²) in [7, 11) is 0. The molecule has 0 spiro atoms. The largest absolute Gasteiger partial charge is 0.390 e. The van der Waals surface area contributed by atoms with Crippen molar-refractivity contribution in [1.29, 1.82) is 0 Å². The van der Waals surface area contributed by atoms with Gasteiger partial charge in [0.05, 0.1) is 17.6 Å². The van der Waals surface area contributed by atoms with E-state index in [0.29, 0.717) is 16.8 Å². The monoisotopic (exact) mass is 327 g/mol. The zero-order valence-corrected chi connectivity index (χ0v) is 12.8. The van der Waals surface area contributed by atoms with E-state index in [9.17, 15) is 19.0 Å². The fourth-order valence-electron chi connectivity index (χ4n) is 3.55. The number of fused-ring (bicyclic) bond motifs is 2. The smallest absolute Gasteiger partial charge is 0.159 e. The summed E-state index contributed by atoms with van der Waals surface area (Å²) in [5.41, 5.74) is 3.70.